The normalized spacial score (nSPS) is 10.6. The van der Waals surface area contributed by atoms with Gasteiger partial charge in [0.25, 0.3) is 0 Å². The maximum atomic E-state index is 5.78. The molecule has 0 saturated heterocycles. The Kier molecular flexibility index (Phi) is 3.56. The van der Waals surface area contributed by atoms with Gasteiger partial charge in [-0.15, -0.1) is 11.3 Å². The fourth-order valence-electron chi connectivity index (χ4n) is 1.45. The molecule has 0 aliphatic rings. The van der Waals surface area contributed by atoms with E-state index in [0.717, 1.165) is 33.7 Å². The summed E-state index contributed by atoms with van der Waals surface area (Å²) in [6.07, 6.45) is 1.88. The number of aromatic nitrogens is 2. The first-order valence-corrected chi connectivity index (χ1v) is 6.74. The monoisotopic (exact) mass is 297 g/mol. The van der Waals surface area contributed by atoms with Crippen molar-refractivity contribution < 1.29 is 0 Å². The van der Waals surface area contributed by atoms with Gasteiger partial charge in [-0.3, -0.25) is 0 Å². The molecule has 0 bridgehead atoms. The highest BCUT2D eigenvalue weighted by molar-refractivity contribution is 9.10. The zero-order valence-corrected chi connectivity index (χ0v) is 11.3. The van der Waals surface area contributed by atoms with Gasteiger partial charge in [0.1, 0.15) is 11.6 Å². The summed E-state index contributed by atoms with van der Waals surface area (Å²) >= 11 is 5.15. The van der Waals surface area contributed by atoms with Crippen LogP contribution in [0.15, 0.2) is 22.0 Å². The predicted molar refractivity (Wildman–Crippen MR) is 71.5 cm³/mol. The number of hydrogen-bond acceptors (Lipinski definition) is 4. The topological polar surface area (TPSA) is 51.8 Å². The molecule has 0 aliphatic heterocycles. The van der Waals surface area contributed by atoms with Crippen molar-refractivity contribution in [1.82, 2.24) is 9.97 Å². The lowest BCUT2D eigenvalue weighted by Crippen LogP contribution is -2.00. The molecule has 0 radical (unpaired) electrons. The average molecular weight is 298 g/mol. The van der Waals surface area contributed by atoms with Crippen molar-refractivity contribution in [1.29, 1.82) is 0 Å². The minimum Gasteiger partial charge on any atom is -0.384 e. The van der Waals surface area contributed by atoms with Gasteiger partial charge in [-0.05, 0) is 33.8 Å². The molecule has 3 nitrogen and oxygen atoms in total. The van der Waals surface area contributed by atoms with Crippen molar-refractivity contribution in [2.45, 2.75) is 19.8 Å². The summed E-state index contributed by atoms with van der Waals surface area (Å²) in [6, 6.07) is 3.83. The van der Waals surface area contributed by atoms with Crippen molar-refractivity contribution in [2.24, 2.45) is 0 Å². The van der Waals surface area contributed by atoms with E-state index in [9.17, 15) is 0 Å². The number of aryl methyl sites for hydroxylation is 1. The van der Waals surface area contributed by atoms with Crippen LogP contribution in [0, 0.1) is 0 Å². The summed E-state index contributed by atoms with van der Waals surface area (Å²) in [5.41, 5.74) is 6.68. The van der Waals surface area contributed by atoms with E-state index in [4.69, 9.17) is 5.73 Å². The zero-order chi connectivity index (χ0) is 11.5. The third kappa shape index (κ3) is 2.41. The fourth-order valence-corrected chi connectivity index (χ4v) is 2.98. The number of thiophene rings is 1. The van der Waals surface area contributed by atoms with Gasteiger partial charge >= 0.3 is 0 Å². The SMILES string of the molecule is CCCc1nc(N)cc(-c2sccc2Br)n1. The molecular weight excluding hydrogens is 286 g/mol. The summed E-state index contributed by atoms with van der Waals surface area (Å²) in [5.74, 6) is 1.35. The number of rotatable bonds is 3. The van der Waals surface area contributed by atoms with E-state index in [-0.39, 0.29) is 0 Å². The lowest BCUT2D eigenvalue weighted by Gasteiger charge is -2.04. The smallest absolute Gasteiger partial charge is 0.131 e. The van der Waals surface area contributed by atoms with Gasteiger partial charge in [0.15, 0.2) is 0 Å². The average Bonchev–Trinajstić information content (AvgIpc) is 2.64. The lowest BCUT2D eigenvalue weighted by atomic mass is 10.3. The van der Waals surface area contributed by atoms with E-state index >= 15 is 0 Å². The predicted octanol–water partition coefficient (Wildman–Crippen LogP) is 3.50. The maximum absolute atomic E-state index is 5.78. The van der Waals surface area contributed by atoms with E-state index < -0.39 is 0 Å². The molecule has 16 heavy (non-hydrogen) atoms. The highest BCUT2D eigenvalue weighted by Crippen LogP contribution is 2.32. The molecule has 5 heteroatoms. The number of halogens is 1. The summed E-state index contributed by atoms with van der Waals surface area (Å²) < 4.78 is 1.05. The minimum absolute atomic E-state index is 0.536. The van der Waals surface area contributed by atoms with Crippen molar-refractivity contribution >= 4 is 33.1 Å². The van der Waals surface area contributed by atoms with Crippen LogP contribution in [0.2, 0.25) is 0 Å². The Hall–Kier alpha value is -0.940. The van der Waals surface area contributed by atoms with Crippen LogP contribution in [0.4, 0.5) is 5.82 Å². The highest BCUT2D eigenvalue weighted by Gasteiger charge is 2.09. The standard InChI is InChI=1S/C11H12BrN3S/c1-2-3-10-14-8(6-9(13)15-10)11-7(12)4-5-16-11/h4-6H,2-3H2,1H3,(H2,13,14,15). The zero-order valence-electron chi connectivity index (χ0n) is 8.90. The van der Waals surface area contributed by atoms with Gasteiger partial charge in [-0.1, -0.05) is 6.92 Å². The van der Waals surface area contributed by atoms with E-state index in [1.165, 1.54) is 0 Å². The summed E-state index contributed by atoms with van der Waals surface area (Å²) in [6.45, 7) is 2.10. The van der Waals surface area contributed by atoms with E-state index in [2.05, 4.69) is 32.8 Å². The van der Waals surface area contributed by atoms with Crippen LogP contribution >= 0.6 is 27.3 Å². The second-order valence-corrected chi connectivity index (χ2v) is 5.21. The first-order chi connectivity index (χ1) is 7.70. The van der Waals surface area contributed by atoms with Gasteiger partial charge in [0.2, 0.25) is 0 Å². The van der Waals surface area contributed by atoms with Crippen LogP contribution in [0.5, 0.6) is 0 Å². The number of nitrogen functional groups attached to an aromatic ring is 1. The Labute approximate surface area is 107 Å². The molecular formula is C11H12BrN3S. The molecule has 2 rings (SSSR count). The van der Waals surface area contributed by atoms with Crippen LogP contribution in [-0.2, 0) is 6.42 Å². The van der Waals surface area contributed by atoms with E-state index in [1.807, 2.05) is 17.5 Å². The van der Waals surface area contributed by atoms with Crippen molar-refractivity contribution in [3.05, 3.63) is 27.8 Å². The van der Waals surface area contributed by atoms with Gasteiger partial charge in [-0.2, -0.15) is 0 Å². The van der Waals surface area contributed by atoms with Crippen molar-refractivity contribution in [3.63, 3.8) is 0 Å². The molecule has 0 aliphatic carbocycles. The van der Waals surface area contributed by atoms with Gasteiger partial charge in [0, 0.05) is 17.0 Å². The molecule has 0 unspecified atom stereocenters. The molecule has 0 amide bonds. The molecule has 0 saturated carbocycles. The number of hydrogen-bond donors (Lipinski definition) is 1. The maximum Gasteiger partial charge on any atom is 0.131 e. The van der Waals surface area contributed by atoms with Gasteiger partial charge < -0.3 is 5.73 Å². The molecule has 0 aromatic carbocycles. The Balaban J connectivity index is 2.45. The first-order valence-electron chi connectivity index (χ1n) is 5.07. The third-order valence-corrected chi connectivity index (χ3v) is 3.98. The van der Waals surface area contributed by atoms with Crippen LogP contribution in [0.3, 0.4) is 0 Å². The number of nitrogens with two attached hydrogens (primary N) is 1. The minimum atomic E-state index is 0.536. The molecule has 2 N–H and O–H groups in total. The summed E-state index contributed by atoms with van der Waals surface area (Å²) in [4.78, 5) is 9.84. The second-order valence-electron chi connectivity index (χ2n) is 3.44. The molecule has 2 heterocycles. The van der Waals surface area contributed by atoms with Crippen LogP contribution in [-0.4, -0.2) is 9.97 Å². The molecule has 2 aromatic heterocycles. The Morgan fingerprint density at radius 2 is 2.25 bits per heavy atom. The third-order valence-electron chi connectivity index (χ3n) is 2.12. The Bertz CT molecular complexity index is 496. The van der Waals surface area contributed by atoms with Crippen molar-refractivity contribution in [2.75, 3.05) is 5.73 Å². The van der Waals surface area contributed by atoms with Gasteiger partial charge in [-0.25, -0.2) is 9.97 Å². The number of nitrogens with zero attached hydrogens (tertiary/aromatic N) is 2. The van der Waals surface area contributed by atoms with Crippen LogP contribution < -0.4 is 5.73 Å². The van der Waals surface area contributed by atoms with Crippen LogP contribution in [0.1, 0.15) is 19.2 Å². The molecule has 0 spiro atoms. The number of anilines is 1. The van der Waals surface area contributed by atoms with E-state index in [0.29, 0.717) is 5.82 Å². The molecule has 84 valence electrons. The molecule has 0 fully saturated rings. The summed E-state index contributed by atoms with van der Waals surface area (Å²) in [7, 11) is 0. The van der Waals surface area contributed by atoms with Crippen molar-refractivity contribution in [3.8, 4) is 10.6 Å². The second kappa shape index (κ2) is 4.93. The quantitative estimate of drug-likeness (QED) is 0.943. The fraction of sp³-hybridized carbons (Fsp3) is 0.273. The van der Waals surface area contributed by atoms with E-state index in [1.54, 1.807) is 11.3 Å². The summed E-state index contributed by atoms with van der Waals surface area (Å²) in [5, 5.41) is 2.03. The molecule has 2 aromatic rings. The van der Waals surface area contributed by atoms with Crippen LogP contribution in [0.25, 0.3) is 10.6 Å². The lowest BCUT2D eigenvalue weighted by molar-refractivity contribution is 0.840. The molecule has 0 atom stereocenters. The Morgan fingerprint density at radius 3 is 2.88 bits per heavy atom. The highest BCUT2D eigenvalue weighted by atomic mass is 79.9. The first kappa shape index (κ1) is 11.5. The largest absolute Gasteiger partial charge is 0.384 e. The van der Waals surface area contributed by atoms with Gasteiger partial charge in [0.05, 0.1) is 10.6 Å². The Morgan fingerprint density at radius 1 is 1.44 bits per heavy atom.